The average Bonchev–Trinajstić information content (AvgIpc) is 2.54. The maximum Gasteiger partial charge on any atom is 0.00286 e. The van der Waals surface area contributed by atoms with Crippen LogP contribution in [0.5, 0.6) is 0 Å². The van der Waals surface area contributed by atoms with Crippen molar-refractivity contribution in [3.8, 4) is 0 Å². The van der Waals surface area contributed by atoms with Gasteiger partial charge in [0.2, 0.25) is 0 Å². The molecular formula is C20H45NSi. The zero-order valence-corrected chi connectivity index (χ0v) is 17.9. The molecule has 0 aromatic carbocycles. The standard InChI is InChI=1S/C20H45NSi/c1-2-3-4-5-6-7-8-9-10-11-12-13-14-15-16-18-21-19-17-20-22/h21H,2-20H2,1,22H3. The summed E-state index contributed by atoms with van der Waals surface area (Å²) in [5, 5.41) is 3.56. The molecular weight excluding hydrogens is 282 g/mol. The van der Waals surface area contributed by atoms with Crippen LogP contribution in [0.3, 0.4) is 0 Å². The highest BCUT2D eigenvalue weighted by atomic mass is 28.1. The summed E-state index contributed by atoms with van der Waals surface area (Å²) < 4.78 is 0. The minimum absolute atomic E-state index is 1.25. The van der Waals surface area contributed by atoms with Gasteiger partial charge in [0, 0.05) is 10.2 Å². The Balaban J connectivity index is 2.91. The van der Waals surface area contributed by atoms with E-state index in [0.29, 0.717) is 0 Å². The molecule has 0 radical (unpaired) electrons. The molecule has 0 spiro atoms. The van der Waals surface area contributed by atoms with Crippen LogP contribution in [0.1, 0.15) is 110 Å². The van der Waals surface area contributed by atoms with Crippen molar-refractivity contribution in [3.05, 3.63) is 0 Å². The van der Waals surface area contributed by atoms with Gasteiger partial charge in [-0.3, -0.25) is 0 Å². The van der Waals surface area contributed by atoms with Crippen molar-refractivity contribution in [2.45, 2.75) is 116 Å². The average molecular weight is 328 g/mol. The van der Waals surface area contributed by atoms with Crippen molar-refractivity contribution in [2.24, 2.45) is 0 Å². The lowest BCUT2D eigenvalue weighted by molar-refractivity contribution is 0.527. The maximum absolute atomic E-state index is 3.56. The molecule has 2 heteroatoms. The van der Waals surface area contributed by atoms with Gasteiger partial charge in [-0.25, -0.2) is 0 Å². The first-order valence-corrected chi connectivity index (χ1v) is 12.0. The molecule has 0 bridgehead atoms. The summed E-state index contributed by atoms with van der Waals surface area (Å²) in [4.78, 5) is 0. The van der Waals surface area contributed by atoms with Crippen molar-refractivity contribution < 1.29 is 0 Å². The molecule has 22 heavy (non-hydrogen) atoms. The normalized spacial score (nSPS) is 11.3. The summed E-state index contributed by atoms with van der Waals surface area (Å²) in [6.45, 7) is 4.80. The van der Waals surface area contributed by atoms with Gasteiger partial charge in [0.15, 0.2) is 0 Å². The second-order valence-corrected chi connectivity index (χ2v) is 8.05. The minimum atomic E-state index is 1.25. The van der Waals surface area contributed by atoms with E-state index in [1.165, 1.54) is 132 Å². The quantitative estimate of drug-likeness (QED) is 0.240. The van der Waals surface area contributed by atoms with Crippen LogP contribution in [0.2, 0.25) is 6.04 Å². The van der Waals surface area contributed by atoms with Crippen LogP contribution in [0.15, 0.2) is 0 Å². The fraction of sp³-hybridized carbons (Fsp3) is 1.00. The molecule has 0 aromatic heterocycles. The molecule has 1 nitrogen and oxygen atoms in total. The maximum atomic E-state index is 3.56. The van der Waals surface area contributed by atoms with Gasteiger partial charge in [-0.2, -0.15) is 0 Å². The van der Waals surface area contributed by atoms with Crippen molar-refractivity contribution in [3.63, 3.8) is 0 Å². The molecule has 1 N–H and O–H groups in total. The van der Waals surface area contributed by atoms with Gasteiger partial charge in [-0.1, -0.05) is 103 Å². The van der Waals surface area contributed by atoms with Crippen LogP contribution in [0.25, 0.3) is 0 Å². The highest BCUT2D eigenvalue weighted by Crippen LogP contribution is 2.13. The summed E-state index contributed by atoms with van der Waals surface area (Å²) in [7, 11) is 1.37. The van der Waals surface area contributed by atoms with Crippen LogP contribution in [-0.2, 0) is 0 Å². The van der Waals surface area contributed by atoms with Crippen molar-refractivity contribution in [2.75, 3.05) is 13.1 Å². The summed E-state index contributed by atoms with van der Waals surface area (Å²) in [5.74, 6) is 0. The van der Waals surface area contributed by atoms with E-state index in [1.54, 1.807) is 0 Å². The van der Waals surface area contributed by atoms with E-state index < -0.39 is 0 Å². The second kappa shape index (κ2) is 21.2. The number of nitrogens with one attached hydrogen (secondary N) is 1. The fourth-order valence-electron chi connectivity index (χ4n) is 3.05. The highest BCUT2D eigenvalue weighted by molar-refractivity contribution is 6.08. The molecule has 0 saturated carbocycles. The number of unbranched alkanes of at least 4 members (excludes halogenated alkanes) is 14. The molecule has 0 aliphatic heterocycles. The van der Waals surface area contributed by atoms with Crippen LogP contribution in [0, 0.1) is 0 Å². The van der Waals surface area contributed by atoms with E-state index in [0.717, 1.165) is 0 Å². The molecule has 0 amide bonds. The molecule has 0 fully saturated rings. The number of rotatable bonds is 19. The first-order chi connectivity index (χ1) is 10.9. The van der Waals surface area contributed by atoms with E-state index >= 15 is 0 Å². The molecule has 0 heterocycles. The summed E-state index contributed by atoms with van der Waals surface area (Å²) in [5.41, 5.74) is 0. The Kier molecular flexibility index (Phi) is 21.3. The Morgan fingerprint density at radius 3 is 1.27 bits per heavy atom. The SMILES string of the molecule is CCCCCCCCCCCCCCCCCNCCC[SiH3]. The molecule has 0 aliphatic rings. The second-order valence-electron chi connectivity index (χ2n) is 7.05. The van der Waals surface area contributed by atoms with E-state index in [-0.39, 0.29) is 0 Å². The van der Waals surface area contributed by atoms with Gasteiger partial charge in [-0.15, -0.1) is 0 Å². The lowest BCUT2D eigenvalue weighted by Gasteiger charge is -2.04. The lowest BCUT2D eigenvalue weighted by Crippen LogP contribution is -2.16. The van der Waals surface area contributed by atoms with Crippen LogP contribution < -0.4 is 5.32 Å². The van der Waals surface area contributed by atoms with Crippen LogP contribution in [0.4, 0.5) is 0 Å². The van der Waals surface area contributed by atoms with Gasteiger partial charge in [-0.05, 0) is 25.9 Å². The first-order valence-electron chi connectivity index (χ1n) is 10.6. The molecule has 0 aliphatic carbocycles. The zero-order chi connectivity index (χ0) is 16.1. The van der Waals surface area contributed by atoms with Crippen molar-refractivity contribution in [1.29, 1.82) is 0 Å². The molecule has 0 aromatic rings. The molecule has 0 unspecified atom stereocenters. The van der Waals surface area contributed by atoms with Gasteiger partial charge in [0.25, 0.3) is 0 Å². The smallest absolute Gasteiger partial charge is 0.00286 e. The van der Waals surface area contributed by atoms with Gasteiger partial charge < -0.3 is 5.32 Å². The van der Waals surface area contributed by atoms with Crippen LogP contribution in [-0.4, -0.2) is 23.3 Å². The van der Waals surface area contributed by atoms with Gasteiger partial charge in [0.05, 0.1) is 0 Å². The Hall–Kier alpha value is 0.177. The van der Waals surface area contributed by atoms with Crippen molar-refractivity contribution >= 4 is 10.2 Å². The Morgan fingerprint density at radius 2 is 0.864 bits per heavy atom. The third-order valence-electron chi connectivity index (χ3n) is 4.66. The van der Waals surface area contributed by atoms with Gasteiger partial charge in [0.1, 0.15) is 0 Å². The predicted molar refractivity (Wildman–Crippen MR) is 107 cm³/mol. The Bertz CT molecular complexity index is 165. The monoisotopic (exact) mass is 327 g/mol. The number of hydrogen-bond acceptors (Lipinski definition) is 1. The van der Waals surface area contributed by atoms with Crippen molar-refractivity contribution in [1.82, 2.24) is 5.32 Å². The minimum Gasteiger partial charge on any atom is -0.317 e. The van der Waals surface area contributed by atoms with E-state index in [1.807, 2.05) is 0 Å². The van der Waals surface area contributed by atoms with Crippen LogP contribution >= 0.6 is 0 Å². The third-order valence-corrected chi connectivity index (χ3v) is 5.37. The number of hydrogen-bond donors (Lipinski definition) is 1. The Labute approximate surface area is 144 Å². The summed E-state index contributed by atoms with van der Waals surface area (Å²) in [6.07, 6.45) is 23.3. The first kappa shape index (κ1) is 22.2. The zero-order valence-electron chi connectivity index (χ0n) is 15.9. The fourth-order valence-corrected chi connectivity index (χ4v) is 3.40. The van der Waals surface area contributed by atoms with Gasteiger partial charge >= 0.3 is 0 Å². The molecule has 0 saturated heterocycles. The molecule has 0 atom stereocenters. The highest BCUT2D eigenvalue weighted by Gasteiger charge is 1.94. The summed E-state index contributed by atoms with van der Waals surface area (Å²) in [6, 6.07) is 1.45. The summed E-state index contributed by atoms with van der Waals surface area (Å²) >= 11 is 0. The lowest BCUT2D eigenvalue weighted by atomic mass is 10.0. The molecule has 134 valence electrons. The topological polar surface area (TPSA) is 12.0 Å². The Morgan fingerprint density at radius 1 is 0.500 bits per heavy atom. The van der Waals surface area contributed by atoms with E-state index in [9.17, 15) is 0 Å². The molecule has 0 rings (SSSR count). The predicted octanol–water partition coefficient (Wildman–Crippen LogP) is 5.62. The van der Waals surface area contributed by atoms with E-state index in [4.69, 9.17) is 0 Å². The van der Waals surface area contributed by atoms with E-state index in [2.05, 4.69) is 12.2 Å². The third kappa shape index (κ3) is 20.2. The largest absolute Gasteiger partial charge is 0.317 e.